The van der Waals surface area contributed by atoms with Crippen molar-refractivity contribution in [3.05, 3.63) is 23.4 Å². The molecule has 1 fully saturated rings. The Hall–Kier alpha value is -1.62. The van der Waals surface area contributed by atoms with E-state index in [1.807, 2.05) is 13.0 Å². The summed E-state index contributed by atoms with van der Waals surface area (Å²) in [4.78, 5) is 16.6. The molecular formula is C15H24N4O. The number of carbonyl (C=O) groups excluding carboxylic acids is 1. The van der Waals surface area contributed by atoms with E-state index in [9.17, 15) is 4.79 Å². The lowest BCUT2D eigenvalue weighted by Gasteiger charge is -2.27. The Morgan fingerprint density at radius 2 is 2.25 bits per heavy atom. The Bertz CT molecular complexity index is 453. The maximum atomic E-state index is 12.3. The maximum Gasteiger partial charge on any atom is 0.251 e. The van der Waals surface area contributed by atoms with Crippen LogP contribution >= 0.6 is 0 Å². The number of nitrogen functional groups attached to an aromatic ring is 1. The average Bonchev–Trinajstić information content (AvgIpc) is 2.46. The maximum absolute atomic E-state index is 12.3. The van der Waals surface area contributed by atoms with Crippen molar-refractivity contribution in [3.8, 4) is 0 Å². The summed E-state index contributed by atoms with van der Waals surface area (Å²) in [6.07, 6.45) is 5.38. The number of aromatic nitrogens is 1. The minimum absolute atomic E-state index is 0.0299. The highest BCUT2D eigenvalue weighted by Crippen LogP contribution is 2.23. The monoisotopic (exact) mass is 276 g/mol. The van der Waals surface area contributed by atoms with Gasteiger partial charge in [-0.15, -0.1) is 0 Å². The largest absolute Gasteiger partial charge is 0.349 e. The van der Waals surface area contributed by atoms with E-state index in [1.165, 1.54) is 12.8 Å². The lowest BCUT2D eigenvalue weighted by atomic mass is 9.87. The number of pyridine rings is 1. The number of aryl methyl sites for hydroxylation is 1. The molecule has 4 N–H and O–H groups in total. The van der Waals surface area contributed by atoms with Crippen molar-refractivity contribution >= 4 is 11.7 Å². The van der Waals surface area contributed by atoms with Crippen LogP contribution in [-0.4, -0.2) is 16.9 Å². The Morgan fingerprint density at radius 3 is 2.90 bits per heavy atom. The van der Waals surface area contributed by atoms with Crippen LogP contribution in [-0.2, 0) is 6.42 Å². The molecule has 1 amide bonds. The number of rotatable bonds is 4. The number of nitrogens with two attached hydrogens (primary N) is 1. The van der Waals surface area contributed by atoms with Crippen LogP contribution in [0.2, 0.25) is 0 Å². The van der Waals surface area contributed by atoms with Crippen LogP contribution in [0.25, 0.3) is 0 Å². The first-order valence-corrected chi connectivity index (χ1v) is 7.40. The van der Waals surface area contributed by atoms with E-state index in [2.05, 4.69) is 22.7 Å². The molecule has 0 radical (unpaired) electrons. The van der Waals surface area contributed by atoms with E-state index in [0.29, 0.717) is 23.3 Å². The van der Waals surface area contributed by atoms with Gasteiger partial charge in [0.2, 0.25) is 0 Å². The molecule has 1 heterocycles. The fraction of sp³-hybridized carbons (Fsp3) is 0.600. The van der Waals surface area contributed by atoms with Gasteiger partial charge in [-0.1, -0.05) is 26.7 Å². The zero-order chi connectivity index (χ0) is 14.5. The number of hydrogen-bond acceptors (Lipinski definition) is 4. The van der Waals surface area contributed by atoms with Crippen LogP contribution in [0, 0.1) is 5.92 Å². The van der Waals surface area contributed by atoms with E-state index < -0.39 is 0 Å². The summed E-state index contributed by atoms with van der Waals surface area (Å²) in [6, 6.07) is 3.82. The fourth-order valence-electron chi connectivity index (χ4n) is 2.81. The second-order valence-corrected chi connectivity index (χ2v) is 5.67. The van der Waals surface area contributed by atoms with Crippen molar-refractivity contribution in [2.45, 2.75) is 52.0 Å². The van der Waals surface area contributed by atoms with Crippen LogP contribution in [0.1, 0.15) is 55.6 Å². The smallest absolute Gasteiger partial charge is 0.251 e. The van der Waals surface area contributed by atoms with Crippen LogP contribution < -0.4 is 16.6 Å². The lowest BCUT2D eigenvalue weighted by Crippen LogP contribution is -2.38. The van der Waals surface area contributed by atoms with Crippen molar-refractivity contribution in [1.29, 1.82) is 0 Å². The van der Waals surface area contributed by atoms with E-state index in [0.717, 1.165) is 25.0 Å². The number of nitrogens with one attached hydrogen (secondary N) is 2. The summed E-state index contributed by atoms with van der Waals surface area (Å²) in [5, 5.41) is 3.13. The summed E-state index contributed by atoms with van der Waals surface area (Å²) in [5.41, 5.74) is 4.01. The summed E-state index contributed by atoms with van der Waals surface area (Å²) in [6.45, 7) is 4.25. The first-order valence-electron chi connectivity index (χ1n) is 7.40. The van der Waals surface area contributed by atoms with Gasteiger partial charge in [0.25, 0.3) is 5.91 Å². The molecule has 20 heavy (non-hydrogen) atoms. The first kappa shape index (κ1) is 14.8. The second-order valence-electron chi connectivity index (χ2n) is 5.67. The van der Waals surface area contributed by atoms with E-state index >= 15 is 0 Å². The molecule has 0 aliphatic heterocycles. The van der Waals surface area contributed by atoms with Gasteiger partial charge in [0.15, 0.2) is 0 Å². The summed E-state index contributed by atoms with van der Waals surface area (Å²) in [7, 11) is 0. The van der Waals surface area contributed by atoms with Crippen molar-refractivity contribution in [3.63, 3.8) is 0 Å². The van der Waals surface area contributed by atoms with E-state index in [4.69, 9.17) is 5.84 Å². The summed E-state index contributed by atoms with van der Waals surface area (Å²) in [5.74, 6) is 6.60. The minimum atomic E-state index is -0.0299. The highest BCUT2D eigenvalue weighted by molar-refractivity contribution is 5.95. The molecule has 5 nitrogen and oxygen atoms in total. The number of nitrogens with zero attached hydrogens (tertiary/aromatic N) is 1. The molecule has 1 saturated carbocycles. The van der Waals surface area contributed by atoms with Gasteiger partial charge in [0.05, 0.1) is 0 Å². The van der Waals surface area contributed by atoms with Crippen molar-refractivity contribution in [2.24, 2.45) is 11.8 Å². The zero-order valence-electron chi connectivity index (χ0n) is 12.3. The van der Waals surface area contributed by atoms with Crippen molar-refractivity contribution in [1.82, 2.24) is 10.3 Å². The molecule has 1 aliphatic rings. The second kappa shape index (κ2) is 6.70. The standard InChI is InChI=1S/C15H24N4O/c1-3-12-8-11(9-14(17-12)19-16)15(20)18-13-6-4-5-10(2)7-13/h8-10,13H,3-7,16H2,1-2H3,(H,17,19)(H,18,20). The molecule has 110 valence electrons. The first-order chi connectivity index (χ1) is 9.62. The predicted octanol–water partition coefficient (Wildman–Crippen LogP) is 2.24. The zero-order valence-corrected chi connectivity index (χ0v) is 12.3. The molecule has 1 aromatic rings. The Morgan fingerprint density at radius 1 is 1.45 bits per heavy atom. The van der Waals surface area contributed by atoms with Crippen LogP contribution in [0.4, 0.5) is 5.82 Å². The van der Waals surface area contributed by atoms with Gasteiger partial charge in [-0.3, -0.25) is 4.79 Å². The summed E-state index contributed by atoms with van der Waals surface area (Å²) < 4.78 is 0. The average molecular weight is 276 g/mol. The van der Waals surface area contributed by atoms with Gasteiger partial charge in [-0.05, 0) is 37.3 Å². The van der Waals surface area contributed by atoms with Gasteiger partial charge < -0.3 is 10.7 Å². The number of anilines is 1. The van der Waals surface area contributed by atoms with Crippen LogP contribution in [0.5, 0.6) is 0 Å². The third kappa shape index (κ3) is 3.70. The Balaban J connectivity index is 2.08. The van der Waals surface area contributed by atoms with Gasteiger partial charge in [-0.25, -0.2) is 10.8 Å². The molecule has 1 aromatic heterocycles. The van der Waals surface area contributed by atoms with Crippen molar-refractivity contribution in [2.75, 3.05) is 5.43 Å². The molecule has 2 rings (SSSR count). The van der Waals surface area contributed by atoms with Crippen LogP contribution in [0.15, 0.2) is 12.1 Å². The highest BCUT2D eigenvalue weighted by Gasteiger charge is 2.21. The fourth-order valence-corrected chi connectivity index (χ4v) is 2.81. The molecule has 0 saturated heterocycles. The molecule has 0 bridgehead atoms. The van der Waals surface area contributed by atoms with E-state index in [1.54, 1.807) is 6.07 Å². The Labute approximate surface area is 120 Å². The highest BCUT2D eigenvalue weighted by atomic mass is 16.1. The quantitative estimate of drug-likeness (QED) is 0.582. The molecule has 1 aliphatic carbocycles. The number of carbonyl (C=O) groups is 1. The third-order valence-electron chi connectivity index (χ3n) is 3.92. The van der Waals surface area contributed by atoms with Gasteiger partial charge in [-0.2, -0.15) is 0 Å². The molecule has 0 spiro atoms. The number of amides is 1. The normalized spacial score (nSPS) is 22.4. The molecule has 5 heteroatoms. The van der Waals surface area contributed by atoms with Crippen LogP contribution in [0.3, 0.4) is 0 Å². The van der Waals surface area contributed by atoms with E-state index in [-0.39, 0.29) is 5.91 Å². The number of hydrazine groups is 1. The van der Waals surface area contributed by atoms with Crippen molar-refractivity contribution < 1.29 is 4.79 Å². The molecule has 0 aromatic carbocycles. The minimum Gasteiger partial charge on any atom is -0.349 e. The number of hydrogen-bond donors (Lipinski definition) is 3. The van der Waals surface area contributed by atoms with Gasteiger partial charge >= 0.3 is 0 Å². The topological polar surface area (TPSA) is 80.0 Å². The lowest BCUT2D eigenvalue weighted by molar-refractivity contribution is 0.0921. The predicted molar refractivity (Wildman–Crippen MR) is 80.3 cm³/mol. The van der Waals surface area contributed by atoms with Gasteiger partial charge in [0, 0.05) is 17.3 Å². The molecule has 2 atom stereocenters. The van der Waals surface area contributed by atoms with Gasteiger partial charge in [0.1, 0.15) is 5.82 Å². The summed E-state index contributed by atoms with van der Waals surface area (Å²) >= 11 is 0. The Kier molecular flexibility index (Phi) is 4.95. The third-order valence-corrected chi connectivity index (χ3v) is 3.92. The molecular weight excluding hydrogens is 252 g/mol. The SMILES string of the molecule is CCc1cc(C(=O)NC2CCCC(C)C2)cc(NN)n1. The molecule has 2 unspecified atom stereocenters.